The van der Waals surface area contributed by atoms with E-state index in [1.165, 1.54) is 0 Å². The van der Waals surface area contributed by atoms with Gasteiger partial charge in [0, 0.05) is 31.5 Å². The standard InChI is InChI=1S/C16H21N3O3S/c1-12-3-5-15(6-4-12)23(20,21)18-14-7-8-22-16(9-14)13-10-17-19(2)11-13/h3-6,10-11,14,16,18H,7-9H2,1-2H3/t14-,16-/m0/s1. The second kappa shape index (κ2) is 6.43. The molecule has 2 heterocycles. The number of nitrogens with one attached hydrogen (secondary N) is 1. The van der Waals surface area contributed by atoms with Crippen molar-refractivity contribution in [1.82, 2.24) is 14.5 Å². The van der Waals surface area contributed by atoms with Gasteiger partial charge < -0.3 is 4.74 Å². The molecule has 1 aromatic heterocycles. The van der Waals surface area contributed by atoms with Crippen LogP contribution in [0.1, 0.15) is 30.1 Å². The fraction of sp³-hybridized carbons (Fsp3) is 0.438. The van der Waals surface area contributed by atoms with Gasteiger partial charge in [-0.2, -0.15) is 5.10 Å². The Hall–Kier alpha value is -1.70. The molecule has 23 heavy (non-hydrogen) atoms. The molecule has 1 N–H and O–H groups in total. The van der Waals surface area contributed by atoms with Gasteiger partial charge >= 0.3 is 0 Å². The molecule has 3 rings (SSSR count). The van der Waals surface area contributed by atoms with Gasteiger partial charge in [0.1, 0.15) is 0 Å². The Morgan fingerprint density at radius 2 is 2.04 bits per heavy atom. The van der Waals surface area contributed by atoms with Crippen molar-refractivity contribution in [2.45, 2.75) is 36.8 Å². The Labute approximate surface area is 136 Å². The maximum Gasteiger partial charge on any atom is 0.240 e. The molecule has 0 amide bonds. The number of hydrogen-bond donors (Lipinski definition) is 1. The van der Waals surface area contributed by atoms with Crippen LogP contribution in [-0.2, 0) is 21.8 Å². The highest BCUT2D eigenvalue weighted by Crippen LogP contribution is 2.28. The van der Waals surface area contributed by atoms with Gasteiger partial charge in [-0.15, -0.1) is 0 Å². The maximum absolute atomic E-state index is 12.5. The number of hydrogen-bond acceptors (Lipinski definition) is 4. The van der Waals surface area contributed by atoms with Crippen molar-refractivity contribution < 1.29 is 13.2 Å². The zero-order valence-corrected chi connectivity index (χ0v) is 14.1. The van der Waals surface area contributed by atoms with Gasteiger partial charge in [-0.3, -0.25) is 4.68 Å². The molecular formula is C16H21N3O3S. The highest BCUT2D eigenvalue weighted by atomic mass is 32.2. The van der Waals surface area contributed by atoms with E-state index < -0.39 is 10.0 Å². The van der Waals surface area contributed by atoms with Crippen LogP contribution < -0.4 is 4.72 Å². The predicted molar refractivity (Wildman–Crippen MR) is 86.4 cm³/mol. The van der Waals surface area contributed by atoms with Crippen molar-refractivity contribution in [3.63, 3.8) is 0 Å². The van der Waals surface area contributed by atoms with Crippen LogP contribution in [0, 0.1) is 6.92 Å². The van der Waals surface area contributed by atoms with E-state index in [0.717, 1.165) is 11.1 Å². The molecule has 6 nitrogen and oxygen atoms in total. The summed E-state index contributed by atoms with van der Waals surface area (Å²) in [5.41, 5.74) is 2.01. The van der Waals surface area contributed by atoms with E-state index >= 15 is 0 Å². The van der Waals surface area contributed by atoms with Crippen LogP contribution in [0.3, 0.4) is 0 Å². The summed E-state index contributed by atoms with van der Waals surface area (Å²) in [6.45, 7) is 2.46. The predicted octanol–water partition coefficient (Wildman–Crippen LogP) is 1.93. The summed E-state index contributed by atoms with van der Waals surface area (Å²) in [6, 6.07) is 6.74. The monoisotopic (exact) mass is 335 g/mol. The molecule has 1 fully saturated rings. The third-order valence-electron chi connectivity index (χ3n) is 4.03. The van der Waals surface area contributed by atoms with Crippen molar-refractivity contribution in [2.24, 2.45) is 7.05 Å². The van der Waals surface area contributed by atoms with E-state index in [1.807, 2.05) is 20.2 Å². The zero-order valence-electron chi connectivity index (χ0n) is 13.3. The molecule has 0 spiro atoms. The normalized spacial score (nSPS) is 22.2. The van der Waals surface area contributed by atoms with Gasteiger partial charge in [0.25, 0.3) is 0 Å². The molecule has 0 aliphatic carbocycles. The Morgan fingerprint density at radius 3 is 2.70 bits per heavy atom. The summed E-state index contributed by atoms with van der Waals surface area (Å²) >= 11 is 0. The topological polar surface area (TPSA) is 73.2 Å². The molecule has 0 radical (unpaired) electrons. The molecule has 1 aromatic carbocycles. The fourth-order valence-corrected chi connectivity index (χ4v) is 4.03. The summed E-state index contributed by atoms with van der Waals surface area (Å²) < 4.78 is 35.3. The molecule has 2 aromatic rings. The highest BCUT2D eigenvalue weighted by molar-refractivity contribution is 7.89. The summed E-state index contributed by atoms with van der Waals surface area (Å²) in [7, 11) is -1.65. The molecule has 0 unspecified atom stereocenters. The van der Waals surface area contributed by atoms with Crippen molar-refractivity contribution in [3.8, 4) is 0 Å². The lowest BCUT2D eigenvalue weighted by molar-refractivity contribution is 0.00401. The summed E-state index contributed by atoms with van der Waals surface area (Å²) in [5.74, 6) is 0. The Bertz CT molecular complexity index is 768. The number of rotatable bonds is 4. The van der Waals surface area contributed by atoms with E-state index in [9.17, 15) is 8.42 Å². The molecule has 0 bridgehead atoms. The molecule has 1 aliphatic rings. The first-order valence-electron chi connectivity index (χ1n) is 7.63. The van der Waals surface area contributed by atoms with Crippen molar-refractivity contribution in [1.29, 1.82) is 0 Å². The van der Waals surface area contributed by atoms with Gasteiger partial charge in [0.2, 0.25) is 10.0 Å². The largest absolute Gasteiger partial charge is 0.373 e. The minimum Gasteiger partial charge on any atom is -0.373 e. The second-order valence-corrected chi connectivity index (χ2v) is 7.68. The van der Waals surface area contributed by atoms with Gasteiger partial charge in [-0.1, -0.05) is 17.7 Å². The first-order chi connectivity index (χ1) is 10.9. The van der Waals surface area contributed by atoms with Gasteiger partial charge in [-0.05, 0) is 31.9 Å². The Balaban J connectivity index is 1.70. The molecular weight excluding hydrogens is 314 g/mol. The fourth-order valence-electron chi connectivity index (χ4n) is 2.75. The summed E-state index contributed by atoms with van der Waals surface area (Å²) in [4.78, 5) is 0.299. The average Bonchev–Trinajstić information content (AvgIpc) is 2.94. The van der Waals surface area contributed by atoms with Gasteiger partial charge in [0.05, 0.1) is 17.2 Å². The minimum absolute atomic E-state index is 0.122. The lowest BCUT2D eigenvalue weighted by Crippen LogP contribution is -2.39. The number of nitrogens with zero attached hydrogens (tertiary/aromatic N) is 2. The van der Waals surface area contributed by atoms with Crippen molar-refractivity contribution in [3.05, 3.63) is 47.8 Å². The van der Waals surface area contributed by atoms with E-state index in [-0.39, 0.29) is 12.1 Å². The lowest BCUT2D eigenvalue weighted by Gasteiger charge is -2.29. The third kappa shape index (κ3) is 3.80. The zero-order chi connectivity index (χ0) is 16.4. The Morgan fingerprint density at radius 1 is 1.30 bits per heavy atom. The molecule has 1 aliphatic heterocycles. The quantitative estimate of drug-likeness (QED) is 0.926. The highest BCUT2D eigenvalue weighted by Gasteiger charge is 2.28. The molecule has 124 valence electrons. The first kappa shape index (κ1) is 16.2. The number of benzene rings is 1. The van der Waals surface area contributed by atoms with E-state index in [4.69, 9.17) is 4.74 Å². The van der Waals surface area contributed by atoms with Crippen LogP contribution in [0.15, 0.2) is 41.6 Å². The maximum atomic E-state index is 12.5. The Kier molecular flexibility index (Phi) is 4.52. The summed E-state index contributed by atoms with van der Waals surface area (Å²) in [5, 5.41) is 4.15. The van der Waals surface area contributed by atoms with Gasteiger partial charge in [-0.25, -0.2) is 13.1 Å². The van der Waals surface area contributed by atoms with E-state index in [0.29, 0.717) is 24.3 Å². The molecule has 1 saturated heterocycles. The smallest absolute Gasteiger partial charge is 0.240 e. The van der Waals surface area contributed by atoms with Crippen LogP contribution in [0.4, 0.5) is 0 Å². The third-order valence-corrected chi connectivity index (χ3v) is 5.57. The van der Waals surface area contributed by atoms with Gasteiger partial charge in [0.15, 0.2) is 0 Å². The van der Waals surface area contributed by atoms with E-state index in [1.54, 1.807) is 35.1 Å². The van der Waals surface area contributed by atoms with Crippen LogP contribution >= 0.6 is 0 Å². The van der Waals surface area contributed by atoms with Crippen LogP contribution in [0.25, 0.3) is 0 Å². The van der Waals surface area contributed by atoms with Crippen LogP contribution in [0.5, 0.6) is 0 Å². The van der Waals surface area contributed by atoms with Crippen LogP contribution in [-0.4, -0.2) is 30.8 Å². The van der Waals surface area contributed by atoms with Crippen molar-refractivity contribution >= 4 is 10.0 Å². The number of ether oxygens (including phenoxy) is 1. The molecule has 0 saturated carbocycles. The average molecular weight is 335 g/mol. The lowest BCUT2D eigenvalue weighted by atomic mass is 10.0. The molecule has 2 atom stereocenters. The summed E-state index contributed by atoms with van der Waals surface area (Å²) in [6.07, 6.45) is 4.82. The first-order valence-corrected chi connectivity index (χ1v) is 9.11. The van der Waals surface area contributed by atoms with E-state index in [2.05, 4.69) is 9.82 Å². The molecule has 7 heteroatoms. The van der Waals surface area contributed by atoms with Crippen LogP contribution in [0.2, 0.25) is 0 Å². The SMILES string of the molecule is Cc1ccc(S(=O)(=O)N[C@H]2CCO[C@H](c3cnn(C)c3)C2)cc1. The minimum atomic E-state index is -3.50. The second-order valence-electron chi connectivity index (χ2n) is 5.96. The van der Waals surface area contributed by atoms with Crippen molar-refractivity contribution in [2.75, 3.05) is 6.61 Å². The number of aromatic nitrogens is 2. The number of aryl methyl sites for hydroxylation is 2. The number of sulfonamides is 1.